The number of fused-ring (bicyclic) bond motifs is 1. The average Bonchev–Trinajstić information content (AvgIpc) is 2.84. The SMILES string of the molecule is N#CC1(CNCCc2ccc3c(c2)CCO3)CCC1. The van der Waals surface area contributed by atoms with Crippen LogP contribution in [-0.4, -0.2) is 19.7 Å². The van der Waals surface area contributed by atoms with Gasteiger partial charge in [0.1, 0.15) is 5.75 Å². The molecular formula is C16H20N2O. The molecule has 1 N–H and O–H groups in total. The lowest BCUT2D eigenvalue weighted by atomic mass is 9.70. The summed E-state index contributed by atoms with van der Waals surface area (Å²) in [6.45, 7) is 2.61. The van der Waals surface area contributed by atoms with Crippen molar-refractivity contribution >= 4 is 0 Å². The Balaban J connectivity index is 1.46. The van der Waals surface area contributed by atoms with Gasteiger partial charge in [0, 0.05) is 13.0 Å². The highest BCUT2D eigenvalue weighted by atomic mass is 16.5. The van der Waals surface area contributed by atoms with E-state index in [-0.39, 0.29) is 5.41 Å². The number of nitriles is 1. The van der Waals surface area contributed by atoms with Crippen molar-refractivity contribution in [2.24, 2.45) is 5.41 Å². The van der Waals surface area contributed by atoms with Crippen molar-refractivity contribution in [1.82, 2.24) is 5.32 Å². The van der Waals surface area contributed by atoms with Crippen LogP contribution in [0.3, 0.4) is 0 Å². The molecule has 0 amide bonds. The Labute approximate surface area is 114 Å². The van der Waals surface area contributed by atoms with Gasteiger partial charge in [-0.2, -0.15) is 5.26 Å². The Kier molecular flexibility index (Phi) is 3.44. The van der Waals surface area contributed by atoms with Gasteiger partial charge in [-0.1, -0.05) is 18.6 Å². The zero-order valence-electron chi connectivity index (χ0n) is 11.2. The Morgan fingerprint density at radius 3 is 3.00 bits per heavy atom. The van der Waals surface area contributed by atoms with Gasteiger partial charge in [-0.25, -0.2) is 0 Å². The van der Waals surface area contributed by atoms with Crippen LogP contribution in [0.5, 0.6) is 5.75 Å². The molecule has 1 aromatic carbocycles. The van der Waals surface area contributed by atoms with Gasteiger partial charge in [0.15, 0.2) is 0 Å². The summed E-state index contributed by atoms with van der Waals surface area (Å²) in [5.74, 6) is 1.05. The van der Waals surface area contributed by atoms with E-state index < -0.39 is 0 Å². The third-order valence-electron chi connectivity index (χ3n) is 4.36. The van der Waals surface area contributed by atoms with Crippen molar-refractivity contribution in [2.75, 3.05) is 19.7 Å². The van der Waals surface area contributed by atoms with E-state index in [0.29, 0.717) is 0 Å². The van der Waals surface area contributed by atoms with Crippen LogP contribution in [0.4, 0.5) is 0 Å². The first kappa shape index (κ1) is 12.5. The van der Waals surface area contributed by atoms with Crippen molar-refractivity contribution in [3.63, 3.8) is 0 Å². The predicted octanol–water partition coefficient (Wildman–Crippen LogP) is 2.45. The number of hydrogen-bond acceptors (Lipinski definition) is 3. The monoisotopic (exact) mass is 256 g/mol. The molecule has 0 bridgehead atoms. The maximum absolute atomic E-state index is 9.15. The number of rotatable bonds is 5. The van der Waals surface area contributed by atoms with Gasteiger partial charge in [0.2, 0.25) is 0 Å². The van der Waals surface area contributed by atoms with Gasteiger partial charge >= 0.3 is 0 Å². The number of nitrogens with one attached hydrogen (secondary N) is 1. The third-order valence-corrected chi connectivity index (χ3v) is 4.36. The highest BCUT2D eigenvalue weighted by Gasteiger charge is 2.36. The highest BCUT2D eigenvalue weighted by Crippen LogP contribution is 2.39. The Morgan fingerprint density at radius 2 is 2.26 bits per heavy atom. The first-order valence-electron chi connectivity index (χ1n) is 7.18. The molecule has 1 fully saturated rings. The van der Waals surface area contributed by atoms with E-state index in [4.69, 9.17) is 10.00 Å². The Hall–Kier alpha value is -1.53. The van der Waals surface area contributed by atoms with Crippen LogP contribution in [0.1, 0.15) is 30.4 Å². The van der Waals surface area contributed by atoms with E-state index in [2.05, 4.69) is 29.6 Å². The molecule has 0 spiro atoms. The number of nitrogens with zero attached hydrogens (tertiary/aromatic N) is 1. The maximum Gasteiger partial charge on any atom is 0.122 e. The van der Waals surface area contributed by atoms with Crippen molar-refractivity contribution < 1.29 is 4.74 Å². The lowest BCUT2D eigenvalue weighted by Crippen LogP contribution is -2.39. The highest BCUT2D eigenvalue weighted by molar-refractivity contribution is 5.39. The van der Waals surface area contributed by atoms with E-state index in [1.807, 2.05) is 0 Å². The molecule has 1 heterocycles. The predicted molar refractivity (Wildman–Crippen MR) is 74.1 cm³/mol. The van der Waals surface area contributed by atoms with E-state index in [0.717, 1.165) is 51.1 Å². The normalized spacial score (nSPS) is 19.1. The van der Waals surface area contributed by atoms with Crippen LogP contribution in [0, 0.1) is 16.7 Å². The van der Waals surface area contributed by atoms with Crippen LogP contribution in [0.2, 0.25) is 0 Å². The van der Waals surface area contributed by atoms with Crippen molar-refractivity contribution in [1.29, 1.82) is 5.26 Å². The van der Waals surface area contributed by atoms with Gasteiger partial charge in [0.25, 0.3) is 0 Å². The third kappa shape index (κ3) is 2.59. The van der Waals surface area contributed by atoms with Gasteiger partial charge in [-0.3, -0.25) is 0 Å². The minimum atomic E-state index is -0.0637. The Bertz CT molecular complexity index is 500. The second-order valence-electron chi connectivity index (χ2n) is 5.71. The van der Waals surface area contributed by atoms with Crippen molar-refractivity contribution in [3.8, 4) is 11.8 Å². The molecule has 1 saturated carbocycles. The van der Waals surface area contributed by atoms with E-state index in [1.54, 1.807) is 0 Å². The van der Waals surface area contributed by atoms with Crippen LogP contribution in [-0.2, 0) is 12.8 Å². The summed E-state index contributed by atoms with van der Waals surface area (Å²) in [6, 6.07) is 8.96. The molecule has 2 aliphatic rings. The lowest BCUT2D eigenvalue weighted by Gasteiger charge is -2.35. The standard InChI is InChI=1S/C16H20N2O/c17-11-16(6-1-7-16)12-18-8-4-13-2-3-15-14(10-13)5-9-19-15/h2-3,10,18H,1,4-9,12H2. The molecule has 1 aliphatic heterocycles. The minimum absolute atomic E-state index is 0.0637. The largest absolute Gasteiger partial charge is 0.493 e. The minimum Gasteiger partial charge on any atom is -0.493 e. The smallest absolute Gasteiger partial charge is 0.122 e. The number of ether oxygens (including phenoxy) is 1. The molecule has 19 heavy (non-hydrogen) atoms. The van der Waals surface area contributed by atoms with Crippen LogP contribution in [0.25, 0.3) is 0 Å². The van der Waals surface area contributed by atoms with Crippen LogP contribution >= 0.6 is 0 Å². The Morgan fingerprint density at radius 1 is 1.37 bits per heavy atom. The van der Waals surface area contributed by atoms with Gasteiger partial charge in [-0.05, 0) is 43.0 Å². The summed E-state index contributed by atoms with van der Waals surface area (Å²) in [5.41, 5.74) is 2.63. The summed E-state index contributed by atoms with van der Waals surface area (Å²) in [6.07, 6.45) is 5.39. The molecule has 1 aromatic rings. The molecule has 1 aliphatic carbocycles. The second-order valence-corrected chi connectivity index (χ2v) is 5.71. The summed E-state index contributed by atoms with van der Waals surface area (Å²) < 4.78 is 5.51. The summed E-state index contributed by atoms with van der Waals surface area (Å²) >= 11 is 0. The molecule has 0 saturated heterocycles. The number of hydrogen-bond donors (Lipinski definition) is 1. The number of benzene rings is 1. The van der Waals surface area contributed by atoms with E-state index >= 15 is 0 Å². The molecule has 100 valence electrons. The van der Waals surface area contributed by atoms with Crippen molar-refractivity contribution in [3.05, 3.63) is 29.3 Å². The molecule has 3 rings (SSSR count). The van der Waals surface area contributed by atoms with Gasteiger partial charge < -0.3 is 10.1 Å². The fourth-order valence-electron chi connectivity index (χ4n) is 2.89. The molecule has 0 radical (unpaired) electrons. The fraction of sp³-hybridized carbons (Fsp3) is 0.562. The molecular weight excluding hydrogens is 236 g/mol. The molecule has 0 aromatic heterocycles. The topological polar surface area (TPSA) is 45.0 Å². The van der Waals surface area contributed by atoms with Crippen LogP contribution < -0.4 is 10.1 Å². The van der Waals surface area contributed by atoms with Gasteiger partial charge in [0.05, 0.1) is 18.1 Å². The zero-order valence-corrected chi connectivity index (χ0v) is 11.2. The quantitative estimate of drug-likeness (QED) is 0.823. The molecule has 3 heteroatoms. The molecule has 3 nitrogen and oxygen atoms in total. The van der Waals surface area contributed by atoms with Gasteiger partial charge in [-0.15, -0.1) is 0 Å². The molecule has 0 atom stereocenters. The first-order chi connectivity index (χ1) is 9.31. The average molecular weight is 256 g/mol. The lowest BCUT2D eigenvalue weighted by molar-refractivity contribution is 0.208. The maximum atomic E-state index is 9.15. The molecule has 0 unspecified atom stereocenters. The summed E-state index contributed by atoms with van der Waals surface area (Å²) in [4.78, 5) is 0. The summed E-state index contributed by atoms with van der Waals surface area (Å²) in [5, 5.41) is 12.6. The van der Waals surface area contributed by atoms with Crippen LogP contribution in [0.15, 0.2) is 18.2 Å². The fourth-order valence-corrected chi connectivity index (χ4v) is 2.89. The van der Waals surface area contributed by atoms with Crippen molar-refractivity contribution in [2.45, 2.75) is 32.1 Å². The first-order valence-corrected chi connectivity index (χ1v) is 7.18. The van der Waals surface area contributed by atoms with E-state index in [1.165, 1.54) is 17.5 Å². The summed E-state index contributed by atoms with van der Waals surface area (Å²) in [7, 11) is 0. The zero-order chi connectivity index (χ0) is 13.1. The second kappa shape index (κ2) is 5.22. The van der Waals surface area contributed by atoms with E-state index in [9.17, 15) is 0 Å².